The molecule has 0 saturated carbocycles. The van der Waals surface area contributed by atoms with Crippen LogP contribution in [0.2, 0.25) is 0 Å². The van der Waals surface area contributed by atoms with Gasteiger partial charge in [0.25, 0.3) is 0 Å². The molecular weight excluding hydrogens is 210 g/mol. The zero-order valence-corrected chi connectivity index (χ0v) is 8.96. The molecular formula is C10H13N3O3. The van der Waals surface area contributed by atoms with Gasteiger partial charge in [-0.3, -0.25) is 0 Å². The fourth-order valence-corrected chi connectivity index (χ4v) is 1.72. The van der Waals surface area contributed by atoms with Gasteiger partial charge in [-0.15, -0.1) is 0 Å². The van der Waals surface area contributed by atoms with Gasteiger partial charge in [0.05, 0.1) is 0 Å². The van der Waals surface area contributed by atoms with Crippen LogP contribution in [0.1, 0.15) is 6.92 Å². The Morgan fingerprint density at radius 1 is 1.69 bits per heavy atom. The molecule has 0 bridgehead atoms. The summed E-state index contributed by atoms with van der Waals surface area (Å²) in [6.07, 6.45) is 3.17. The average Bonchev–Trinajstić information content (AvgIpc) is 2.24. The molecule has 0 atom stereocenters. The highest BCUT2D eigenvalue weighted by Crippen LogP contribution is 2.28. The zero-order chi connectivity index (χ0) is 11.6. The van der Waals surface area contributed by atoms with Crippen molar-refractivity contribution < 1.29 is 14.6 Å². The van der Waals surface area contributed by atoms with Gasteiger partial charge in [0.1, 0.15) is 24.4 Å². The lowest BCUT2D eigenvalue weighted by molar-refractivity contribution is -0.150. The second-order valence-electron chi connectivity index (χ2n) is 4.06. The molecule has 2 rings (SSSR count). The molecule has 0 aromatic carbocycles. The normalized spacial score (nSPS) is 17.9. The van der Waals surface area contributed by atoms with E-state index in [-0.39, 0.29) is 12.2 Å². The summed E-state index contributed by atoms with van der Waals surface area (Å²) in [4.78, 5) is 20.3. The van der Waals surface area contributed by atoms with Crippen molar-refractivity contribution in [2.24, 2.45) is 0 Å². The third-order valence-corrected chi connectivity index (χ3v) is 2.49. The molecule has 6 nitrogen and oxygen atoms in total. The average molecular weight is 223 g/mol. The highest BCUT2D eigenvalue weighted by atomic mass is 16.5. The minimum Gasteiger partial charge on any atom is -0.480 e. The van der Waals surface area contributed by atoms with Gasteiger partial charge in [0, 0.05) is 19.3 Å². The number of ether oxygens (including phenoxy) is 1. The summed E-state index contributed by atoms with van der Waals surface area (Å²) in [5, 5.41) is 8.52. The number of nitrogens with zero attached hydrogens (tertiary/aromatic N) is 3. The van der Waals surface area contributed by atoms with Crippen LogP contribution in [0.15, 0.2) is 18.6 Å². The molecule has 1 aromatic heterocycles. The predicted molar refractivity (Wildman–Crippen MR) is 56.2 cm³/mol. The lowest BCUT2D eigenvalue weighted by Gasteiger charge is -2.47. The number of rotatable bonds is 4. The van der Waals surface area contributed by atoms with Crippen LogP contribution in [-0.2, 0) is 9.53 Å². The van der Waals surface area contributed by atoms with E-state index in [1.807, 2.05) is 17.9 Å². The van der Waals surface area contributed by atoms with Gasteiger partial charge in [-0.25, -0.2) is 14.8 Å². The molecule has 6 heteroatoms. The van der Waals surface area contributed by atoms with E-state index < -0.39 is 5.97 Å². The molecule has 1 aliphatic heterocycles. The molecule has 1 N–H and O–H groups in total. The van der Waals surface area contributed by atoms with Crippen LogP contribution >= 0.6 is 0 Å². The quantitative estimate of drug-likeness (QED) is 0.783. The van der Waals surface area contributed by atoms with Crippen molar-refractivity contribution in [2.45, 2.75) is 12.5 Å². The number of anilines is 1. The molecule has 2 heterocycles. The van der Waals surface area contributed by atoms with E-state index in [1.165, 1.54) is 6.33 Å². The highest BCUT2D eigenvalue weighted by molar-refractivity contribution is 5.68. The van der Waals surface area contributed by atoms with Gasteiger partial charge in [-0.2, -0.15) is 0 Å². The molecule has 0 aliphatic carbocycles. The molecule has 1 aliphatic rings. The highest BCUT2D eigenvalue weighted by Gasteiger charge is 2.40. The fourth-order valence-electron chi connectivity index (χ4n) is 1.72. The van der Waals surface area contributed by atoms with Crippen molar-refractivity contribution in [3.63, 3.8) is 0 Å². The SMILES string of the molecule is CC1(OCC(=O)O)CN(c2ccncn2)C1. The van der Waals surface area contributed by atoms with E-state index in [4.69, 9.17) is 9.84 Å². The van der Waals surface area contributed by atoms with Crippen LogP contribution in [-0.4, -0.2) is 46.3 Å². The van der Waals surface area contributed by atoms with Gasteiger partial charge in [0.2, 0.25) is 0 Å². The van der Waals surface area contributed by atoms with E-state index in [2.05, 4.69) is 9.97 Å². The molecule has 86 valence electrons. The zero-order valence-electron chi connectivity index (χ0n) is 8.96. The standard InChI is InChI=1S/C10H13N3O3/c1-10(16-4-9(14)15)5-13(6-10)8-2-3-11-7-12-8/h2-3,7H,4-6H2,1H3,(H,14,15). The van der Waals surface area contributed by atoms with E-state index in [1.54, 1.807) is 6.20 Å². The Kier molecular flexibility index (Phi) is 2.74. The summed E-state index contributed by atoms with van der Waals surface area (Å²) in [6, 6.07) is 1.82. The summed E-state index contributed by atoms with van der Waals surface area (Å²) < 4.78 is 5.29. The van der Waals surface area contributed by atoms with Crippen LogP contribution in [0, 0.1) is 0 Å². The first-order valence-electron chi connectivity index (χ1n) is 4.96. The number of aliphatic carboxylic acids is 1. The Balaban J connectivity index is 1.87. The largest absolute Gasteiger partial charge is 0.480 e. The number of carboxylic acid groups (broad SMARTS) is 1. The molecule has 1 aromatic rings. The molecule has 0 amide bonds. The Bertz CT molecular complexity index is 376. The molecule has 16 heavy (non-hydrogen) atoms. The number of aromatic nitrogens is 2. The van der Waals surface area contributed by atoms with Crippen LogP contribution in [0.3, 0.4) is 0 Å². The summed E-state index contributed by atoms with van der Waals surface area (Å²) >= 11 is 0. The van der Waals surface area contributed by atoms with Gasteiger partial charge in [-0.1, -0.05) is 0 Å². The van der Waals surface area contributed by atoms with Crippen LogP contribution in [0.4, 0.5) is 5.82 Å². The number of carboxylic acids is 1. The van der Waals surface area contributed by atoms with Crippen molar-refractivity contribution in [1.82, 2.24) is 9.97 Å². The number of hydrogen-bond donors (Lipinski definition) is 1. The van der Waals surface area contributed by atoms with Crippen molar-refractivity contribution in [1.29, 1.82) is 0 Å². The van der Waals surface area contributed by atoms with Crippen molar-refractivity contribution >= 4 is 11.8 Å². The first kappa shape index (κ1) is 10.8. The lowest BCUT2D eigenvalue weighted by Crippen LogP contribution is -2.62. The maximum Gasteiger partial charge on any atom is 0.329 e. The van der Waals surface area contributed by atoms with Gasteiger partial charge in [0.15, 0.2) is 0 Å². The second-order valence-corrected chi connectivity index (χ2v) is 4.06. The maximum atomic E-state index is 10.4. The Hall–Kier alpha value is -1.69. The maximum absolute atomic E-state index is 10.4. The van der Waals surface area contributed by atoms with Crippen LogP contribution in [0.25, 0.3) is 0 Å². The van der Waals surface area contributed by atoms with Crippen LogP contribution < -0.4 is 4.90 Å². The summed E-state index contributed by atoms with van der Waals surface area (Å²) in [6.45, 7) is 2.94. The van der Waals surface area contributed by atoms with Crippen LogP contribution in [0.5, 0.6) is 0 Å². The fraction of sp³-hybridized carbons (Fsp3) is 0.500. The third kappa shape index (κ3) is 2.27. The summed E-state index contributed by atoms with van der Waals surface area (Å²) in [7, 11) is 0. The van der Waals surface area contributed by atoms with Gasteiger partial charge in [-0.05, 0) is 13.0 Å². The minimum atomic E-state index is -0.943. The molecule has 0 unspecified atom stereocenters. The smallest absolute Gasteiger partial charge is 0.329 e. The predicted octanol–water partition coefficient (Wildman–Crippen LogP) is 0.156. The van der Waals surface area contributed by atoms with Crippen molar-refractivity contribution in [2.75, 3.05) is 24.6 Å². The topological polar surface area (TPSA) is 75.6 Å². The van der Waals surface area contributed by atoms with Gasteiger partial charge < -0.3 is 14.7 Å². The minimum absolute atomic E-state index is 0.256. The van der Waals surface area contributed by atoms with E-state index in [0.717, 1.165) is 5.82 Å². The third-order valence-electron chi connectivity index (χ3n) is 2.49. The molecule has 1 fully saturated rings. The monoisotopic (exact) mass is 223 g/mol. The first-order valence-corrected chi connectivity index (χ1v) is 4.96. The van der Waals surface area contributed by atoms with Crippen molar-refractivity contribution in [3.8, 4) is 0 Å². The van der Waals surface area contributed by atoms with E-state index in [9.17, 15) is 4.79 Å². The molecule has 0 spiro atoms. The molecule has 1 saturated heterocycles. The molecule has 0 radical (unpaired) electrons. The first-order chi connectivity index (χ1) is 7.59. The van der Waals surface area contributed by atoms with E-state index >= 15 is 0 Å². The Labute approximate surface area is 92.9 Å². The van der Waals surface area contributed by atoms with Gasteiger partial charge >= 0.3 is 5.97 Å². The van der Waals surface area contributed by atoms with Crippen molar-refractivity contribution in [3.05, 3.63) is 18.6 Å². The summed E-state index contributed by atoms with van der Waals surface area (Å²) in [5.41, 5.74) is -0.386. The lowest BCUT2D eigenvalue weighted by atomic mass is 9.96. The Morgan fingerprint density at radius 2 is 2.44 bits per heavy atom. The number of hydrogen-bond acceptors (Lipinski definition) is 5. The number of carbonyl (C=O) groups is 1. The van der Waals surface area contributed by atoms with E-state index in [0.29, 0.717) is 13.1 Å². The Morgan fingerprint density at radius 3 is 3.00 bits per heavy atom. The second kappa shape index (κ2) is 4.05. The summed E-state index contributed by atoms with van der Waals surface area (Å²) in [5.74, 6) is -0.104.